The lowest BCUT2D eigenvalue weighted by Crippen LogP contribution is -2.06. The third-order valence-electron chi connectivity index (χ3n) is 2.43. The van der Waals surface area contributed by atoms with Crippen molar-refractivity contribution in [1.29, 1.82) is 0 Å². The Morgan fingerprint density at radius 2 is 2.06 bits per heavy atom. The van der Waals surface area contributed by atoms with Crippen LogP contribution in [-0.4, -0.2) is 24.8 Å². The van der Waals surface area contributed by atoms with Crippen LogP contribution >= 0.6 is 0 Å². The molecule has 1 N–H and O–H groups in total. The van der Waals surface area contributed by atoms with Gasteiger partial charge in [0.15, 0.2) is 11.5 Å². The Labute approximate surface area is 108 Å². The lowest BCUT2D eigenvalue weighted by atomic mass is 10.1. The smallest absolute Gasteiger partial charge is 0.303 e. The molecule has 0 aromatic heterocycles. The SMILES string of the molecule is COc1cc(CCC(=O)O)ccc1OCC(C)C. The Morgan fingerprint density at radius 1 is 1.33 bits per heavy atom. The number of carboxylic acids is 1. The van der Waals surface area contributed by atoms with Gasteiger partial charge in [0.25, 0.3) is 0 Å². The fourth-order valence-electron chi connectivity index (χ4n) is 1.49. The largest absolute Gasteiger partial charge is 0.493 e. The number of carboxylic acid groups (broad SMARTS) is 1. The van der Waals surface area contributed by atoms with Crippen molar-refractivity contribution in [1.82, 2.24) is 0 Å². The molecule has 1 aromatic carbocycles. The number of ether oxygens (including phenoxy) is 2. The molecule has 4 nitrogen and oxygen atoms in total. The molecule has 100 valence electrons. The molecule has 0 heterocycles. The molecule has 0 amide bonds. The van der Waals surface area contributed by atoms with Crippen molar-refractivity contribution < 1.29 is 19.4 Å². The number of hydrogen-bond donors (Lipinski definition) is 1. The number of hydrogen-bond acceptors (Lipinski definition) is 3. The molecular formula is C14H20O4. The van der Waals surface area contributed by atoms with E-state index < -0.39 is 5.97 Å². The van der Waals surface area contributed by atoms with Crippen LogP contribution in [0.1, 0.15) is 25.8 Å². The lowest BCUT2D eigenvalue weighted by Gasteiger charge is -2.13. The first-order valence-corrected chi connectivity index (χ1v) is 6.04. The first-order valence-electron chi connectivity index (χ1n) is 6.04. The molecule has 1 rings (SSSR count). The predicted octanol–water partition coefficient (Wildman–Crippen LogP) is 2.75. The fourth-order valence-corrected chi connectivity index (χ4v) is 1.49. The van der Waals surface area contributed by atoms with Crippen LogP contribution in [0.3, 0.4) is 0 Å². The minimum atomic E-state index is -0.797. The second-order valence-corrected chi connectivity index (χ2v) is 4.58. The van der Waals surface area contributed by atoms with Crippen molar-refractivity contribution in [3.05, 3.63) is 23.8 Å². The highest BCUT2D eigenvalue weighted by atomic mass is 16.5. The van der Waals surface area contributed by atoms with Crippen LogP contribution in [0.4, 0.5) is 0 Å². The molecule has 0 saturated heterocycles. The summed E-state index contributed by atoms with van der Waals surface area (Å²) in [5.74, 6) is 0.999. The monoisotopic (exact) mass is 252 g/mol. The summed E-state index contributed by atoms with van der Waals surface area (Å²) in [5.41, 5.74) is 0.936. The lowest BCUT2D eigenvalue weighted by molar-refractivity contribution is -0.136. The van der Waals surface area contributed by atoms with Crippen LogP contribution in [0.5, 0.6) is 11.5 Å². The standard InChI is InChI=1S/C14H20O4/c1-10(2)9-18-12-6-4-11(5-7-14(15)16)8-13(12)17-3/h4,6,8,10H,5,7,9H2,1-3H3,(H,15,16). The molecule has 4 heteroatoms. The zero-order valence-electron chi connectivity index (χ0n) is 11.1. The fraction of sp³-hybridized carbons (Fsp3) is 0.500. The average Bonchev–Trinajstić information content (AvgIpc) is 2.34. The third kappa shape index (κ3) is 4.65. The van der Waals surface area contributed by atoms with Gasteiger partial charge in [-0.1, -0.05) is 19.9 Å². The number of rotatable bonds is 7. The van der Waals surface area contributed by atoms with Crippen molar-refractivity contribution in [2.75, 3.05) is 13.7 Å². The first kappa shape index (κ1) is 14.4. The molecule has 0 atom stereocenters. The van der Waals surface area contributed by atoms with Gasteiger partial charge in [0.05, 0.1) is 13.7 Å². The van der Waals surface area contributed by atoms with Gasteiger partial charge in [-0.2, -0.15) is 0 Å². The Bertz CT molecular complexity index is 399. The van der Waals surface area contributed by atoms with Crippen molar-refractivity contribution in [2.24, 2.45) is 5.92 Å². The van der Waals surface area contributed by atoms with Crippen LogP contribution in [0, 0.1) is 5.92 Å². The van der Waals surface area contributed by atoms with E-state index in [1.807, 2.05) is 18.2 Å². The number of methoxy groups -OCH3 is 1. The summed E-state index contributed by atoms with van der Waals surface area (Å²) in [5, 5.41) is 8.65. The summed E-state index contributed by atoms with van der Waals surface area (Å²) in [7, 11) is 1.58. The molecule has 0 aliphatic carbocycles. The highest BCUT2D eigenvalue weighted by Gasteiger charge is 2.07. The zero-order valence-corrected chi connectivity index (χ0v) is 11.1. The van der Waals surface area contributed by atoms with E-state index in [0.29, 0.717) is 30.4 Å². The van der Waals surface area contributed by atoms with E-state index >= 15 is 0 Å². The molecule has 0 aliphatic rings. The van der Waals surface area contributed by atoms with Gasteiger partial charge in [0, 0.05) is 6.42 Å². The molecule has 0 radical (unpaired) electrons. The summed E-state index contributed by atoms with van der Waals surface area (Å²) in [6.07, 6.45) is 0.617. The van der Waals surface area contributed by atoms with Gasteiger partial charge in [0.2, 0.25) is 0 Å². The second-order valence-electron chi connectivity index (χ2n) is 4.58. The van der Waals surface area contributed by atoms with Gasteiger partial charge in [-0.15, -0.1) is 0 Å². The minimum absolute atomic E-state index is 0.120. The van der Waals surface area contributed by atoms with E-state index in [9.17, 15) is 4.79 Å². The molecule has 18 heavy (non-hydrogen) atoms. The summed E-state index contributed by atoms with van der Waals surface area (Å²) in [6.45, 7) is 4.78. The van der Waals surface area contributed by atoms with Crippen LogP contribution in [0.2, 0.25) is 0 Å². The maximum Gasteiger partial charge on any atom is 0.303 e. The maximum absolute atomic E-state index is 10.5. The van der Waals surface area contributed by atoms with Gasteiger partial charge in [-0.05, 0) is 30.0 Å². The normalized spacial score (nSPS) is 10.4. The number of aliphatic carboxylic acids is 1. The number of benzene rings is 1. The maximum atomic E-state index is 10.5. The molecular weight excluding hydrogens is 232 g/mol. The van der Waals surface area contributed by atoms with Crippen LogP contribution < -0.4 is 9.47 Å². The predicted molar refractivity (Wildman–Crippen MR) is 69.3 cm³/mol. The number of carbonyl (C=O) groups is 1. The summed E-state index contributed by atoms with van der Waals surface area (Å²) in [6, 6.07) is 5.54. The Hall–Kier alpha value is -1.71. The molecule has 0 unspecified atom stereocenters. The zero-order chi connectivity index (χ0) is 13.5. The van der Waals surface area contributed by atoms with E-state index in [1.54, 1.807) is 7.11 Å². The Morgan fingerprint density at radius 3 is 2.61 bits per heavy atom. The Kier molecular flexibility index (Phi) is 5.49. The van der Waals surface area contributed by atoms with E-state index in [0.717, 1.165) is 5.56 Å². The summed E-state index contributed by atoms with van der Waals surface area (Å²) >= 11 is 0. The molecule has 1 aromatic rings. The van der Waals surface area contributed by atoms with Crippen LogP contribution in [0.15, 0.2) is 18.2 Å². The van der Waals surface area contributed by atoms with Crippen molar-refractivity contribution in [3.63, 3.8) is 0 Å². The summed E-state index contributed by atoms with van der Waals surface area (Å²) in [4.78, 5) is 10.5. The highest BCUT2D eigenvalue weighted by Crippen LogP contribution is 2.28. The van der Waals surface area contributed by atoms with Crippen molar-refractivity contribution in [2.45, 2.75) is 26.7 Å². The average molecular weight is 252 g/mol. The van der Waals surface area contributed by atoms with E-state index in [2.05, 4.69) is 13.8 Å². The van der Waals surface area contributed by atoms with Crippen molar-refractivity contribution in [3.8, 4) is 11.5 Å². The Balaban J connectivity index is 2.73. The van der Waals surface area contributed by atoms with Gasteiger partial charge in [0.1, 0.15) is 0 Å². The molecule has 0 bridgehead atoms. The van der Waals surface area contributed by atoms with E-state index in [4.69, 9.17) is 14.6 Å². The van der Waals surface area contributed by atoms with Crippen LogP contribution in [-0.2, 0) is 11.2 Å². The summed E-state index contributed by atoms with van der Waals surface area (Å²) < 4.78 is 10.9. The second kappa shape index (κ2) is 6.89. The minimum Gasteiger partial charge on any atom is -0.493 e. The molecule has 0 spiro atoms. The van der Waals surface area contributed by atoms with Gasteiger partial charge in [-0.3, -0.25) is 4.79 Å². The van der Waals surface area contributed by atoms with Crippen LogP contribution in [0.25, 0.3) is 0 Å². The van der Waals surface area contributed by atoms with Gasteiger partial charge < -0.3 is 14.6 Å². The van der Waals surface area contributed by atoms with Gasteiger partial charge in [-0.25, -0.2) is 0 Å². The molecule has 0 saturated carbocycles. The first-order chi connectivity index (χ1) is 8.52. The molecule has 0 aliphatic heterocycles. The van der Waals surface area contributed by atoms with E-state index in [1.165, 1.54) is 0 Å². The van der Waals surface area contributed by atoms with E-state index in [-0.39, 0.29) is 6.42 Å². The van der Waals surface area contributed by atoms with Crippen molar-refractivity contribution >= 4 is 5.97 Å². The highest BCUT2D eigenvalue weighted by molar-refractivity contribution is 5.67. The quantitative estimate of drug-likeness (QED) is 0.810. The molecule has 0 fully saturated rings. The number of aryl methyl sites for hydroxylation is 1. The van der Waals surface area contributed by atoms with Gasteiger partial charge >= 0.3 is 5.97 Å². The topological polar surface area (TPSA) is 55.8 Å². The third-order valence-corrected chi connectivity index (χ3v) is 2.43.